The molecule has 0 aliphatic carbocycles. The Balaban J connectivity index is 1.88. The first-order chi connectivity index (χ1) is 15.0. The number of aliphatic hydroxyl groups is 1. The Morgan fingerprint density at radius 1 is 1.09 bits per heavy atom. The van der Waals surface area contributed by atoms with Crippen molar-refractivity contribution in [2.45, 2.75) is 25.6 Å². The van der Waals surface area contributed by atoms with Crippen LogP contribution < -0.4 is 15.6 Å². The number of ether oxygens (including phenoxy) is 1. The standard InChI is InChI=1S/C22H20F3N3O4/c1-21(2,31)14-7-9-15(10-8-14)27-19(29)16-11-12-26-28(20(16)30)17-5-3-4-6-18(17)32-13-22(23,24)25/h3-12,31H,13H2,1-2H3,(H,27,29). The van der Waals surface area contributed by atoms with Crippen LogP contribution in [-0.2, 0) is 5.60 Å². The first-order valence-electron chi connectivity index (χ1n) is 9.47. The van der Waals surface area contributed by atoms with Crippen molar-refractivity contribution >= 4 is 11.6 Å². The van der Waals surface area contributed by atoms with Crippen LogP contribution in [0.2, 0.25) is 0 Å². The molecule has 168 valence electrons. The molecule has 0 aliphatic rings. The van der Waals surface area contributed by atoms with Crippen LogP contribution in [-0.4, -0.2) is 33.6 Å². The number of amides is 1. The zero-order chi connectivity index (χ0) is 23.5. The molecule has 0 fully saturated rings. The largest absolute Gasteiger partial charge is 0.482 e. The fourth-order valence-corrected chi connectivity index (χ4v) is 2.83. The first-order valence-corrected chi connectivity index (χ1v) is 9.47. The number of rotatable bonds is 6. The molecule has 2 aromatic carbocycles. The molecular weight excluding hydrogens is 427 g/mol. The van der Waals surface area contributed by atoms with Gasteiger partial charge in [-0.1, -0.05) is 24.3 Å². The molecule has 0 saturated heterocycles. The van der Waals surface area contributed by atoms with E-state index < -0.39 is 29.9 Å². The highest BCUT2D eigenvalue weighted by atomic mass is 19.4. The van der Waals surface area contributed by atoms with Gasteiger partial charge in [-0.15, -0.1) is 0 Å². The number of aromatic nitrogens is 2. The number of nitrogens with one attached hydrogen (secondary N) is 1. The fraction of sp³-hybridized carbons (Fsp3) is 0.227. The van der Waals surface area contributed by atoms with Crippen LogP contribution >= 0.6 is 0 Å². The van der Waals surface area contributed by atoms with Crippen molar-refractivity contribution < 1.29 is 27.8 Å². The second kappa shape index (κ2) is 8.83. The van der Waals surface area contributed by atoms with Gasteiger partial charge in [-0.25, -0.2) is 0 Å². The Morgan fingerprint density at radius 2 is 1.75 bits per heavy atom. The van der Waals surface area contributed by atoms with Gasteiger partial charge in [0, 0.05) is 11.9 Å². The van der Waals surface area contributed by atoms with Crippen molar-refractivity contribution in [1.82, 2.24) is 9.78 Å². The maximum absolute atomic E-state index is 12.9. The Hall–Kier alpha value is -3.66. The third-order valence-electron chi connectivity index (χ3n) is 4.42. The van der Waals surface area contributed by atoms with E-state index in [1.807, 2.05) is 0 Å². The molecule has 0 spiro atoms. The zero-order valence-electron chi connectivity index (χ0n) is 17.2. The van der Waals surface area contributed by atoms with Crippen LogP contribution in [0, 0.1) is 0 Å². The Kier molecular flexibility index (Phi) is 6.35. The van der Waals surface area contributed by atoms with Gasteiger partial charge in [0.2, 0.25) is 0 Å². The number of halogens is 3. The van der Waals surface area contributed by atoms with Gasteiger partial charge in [0.1, 0.15) is 17.0 Å². The quantitative estimate of drug-likeness (QED) is 0.602. The van der Waals surface area contributed by atoms with E-state index in [2.05, 4.69) is 10.4 Å². The highest BCUT2D eigenvalue weighted by Gasteiger charge is 2.29. The van der Waals surface area contributed by atoms with E-state index in [4.69, 9.17) is 4.74 Å². The summed E-state index contributed by atoms with van der Waals surface area (Å²) in [4.78, 5) is 25.5. The van der Waals surface area contributed by atoms with Crippen molar-refractivity contribution in [3.63, 3.8) is 0 Å². The molecule has 3 rings (SSSR count). The van der Waals surface area contributed by atoms with Gasteiger partial charge in [-0.3, -0.25) is 9.59 Å². The summed E-state index contributed by atoms with van der Waals surface area (Å²) in [5.74, 6) is -0.935. The first kappa shape index (κ1) is 23.0. The predicted molar refractivity (Wildman–Crippen MR) is 111 cm³/mol. The Bertz CT molecular complexity index is 1170. The molecule has 7 nitrogen and oxygen atoms in total. The summed E-state index contributed by atoms with van der Waals surface area (Å²) in [7, 11) is 0. The van der Waals surface area contributed by atoms with Crippen LogP contribution in [0.1, 0.15) is 29.8 Å². The molecule has 32 heavy (non-hydrogen) atoms. The topological polar surface area (TPSA) is 93.5 Å². The lowest BCUT2D eigenvalue weighted by Gasteiger charge is -2.18. The van der Waals surface area contributed by atoms with E-state index >= 15 is 0 Å². The number of para-hydroxylation sites is 2. The molecule has 0 atom stereocenters. The van der Waals surface area contributed by atoms with Crippen LogP contribution in [0.4, 0.5) is 18.9 Å². The van der Waals surface area contributed by atoms with E-state index in [1.54, 1.807) is 38.1 Å². The summed E-state index contributed by atoms with van der Waals surface area (Å²) in [6.45, 7) is 1.70. The molecule has 0 unspecified atom stereocenters. The maximum Gasteiger partial charge on any atom is 0.422 e. The molecule has 0 saturated carbocycles. The molecule has 3 aromatic rings. The number of hydrogen-bond donors (Lipinski definition) is 2. The predicted octanol–water partition coefficient (Wildman–Crippen LogP) is 3.65. The lowest BCUT2D eigenvalue weighted by atomic mass is 9.98. The van der Waals surface area contributed by atoms with Crippen molar-refractivity contribution in [2.24, 2.45) is 0 Å². The summed E-state index contributed by atoms with van der Waals surface area (Å²) in [6, 6.07) is 13.2. The molecule has 1 heterocycles. The van der Waals surface area contributed by atoms with Crippen molar-refractivity contribution in [1.29, 1.82) is 0 Å². The molecule has 1 aromatic heterocycles. The van der Waals surface area contributed by atoms with Crippen LogP contribution in [0.15, 0.2) is 65.6 Å². The van der Waals surface area contributed by atoms with E-state index in [1.165, 1.54) is 36.5 Å². The number of hydrogen-bond acceptors (Lipinski definition) is 5. The maximum atomic E-state index is 12.9. The van der Waals surface area contributed by atoms with Crippen molar-refractivity contribution in [3.05, 3.63) is 82.3 Å². The van der Waals surface area contributed by atoms with Gasteiger partial charge >= 0.3 is 6.18 Å². The highest BCUT2D eigenvalue weighted by Crippen LogP contribution is 2.24. The summed E-state index contributed by atoms with van der Waals surface area (Å²) < 4.78 is 43.2. The Morgan fingerprint density at radius 3 is 2.38 bits per heavy atom. The lowest BCUT2D eigenvalue weighted by molar-refractivity contribution is -0.153. The minimum atomic E-state index is -4.56. The van der Waals surface area contributed by atoms with Gasteiger partial charge in [-0.2, -0.15) is 23.0 Å². The van der Waals surface area contributed by atoms with E-state index in [-0.39, 0.29) is 17.0 Å². The van der Waals surface area contributed by atoms with Gasteiger partial charge in [0.05, 0.1) is 5.60 Å². The Labute approximate surface area is 181 Å². The number of carbonyl (C=O) groups excluding carboxylic acids is 1. The van der Waals surface area contributed by atoms with E-state index in [0.717, 1.165) is 4.68 Å². The van der Waals surface area contributed by atoms with E-state index in [0.29, 0.717) is 11.3 Å². The summed E-state index contributed by atoms with van der Waals surface area (Å²) in [5, 5.41) is 16.5. The fourth-order valence-electron chi connectivity index (χ4n) is 2.83. The molecule has 0 aliphatic heterocycles. The van der Waals surface area contributed by atoms with Gasteiger partial charge in [0.15, 0.2) is 6.61 Å². The minimum absolute atomic E-state index is 0.0362. The molecule has 10 heteroatoms. The third-order valence-corrected chi connectivity index (χ3v) is 4.42. The minimum Gasteiger partial charge on any atom is -0.482 e. The van der Waals surface area contributed by atoms with Crippen LogP contribution in [0.5, 0.6) is 5.75 Å². The van der Waals surface area contributed by atoms with Crippen LogP contribution in [0.25, 0.3) is 5.69 Å². The zero-order valence-corrected chi connectivity index (χ0v) is 17.2. The normalized spacial score (nSPS) is 11.8. The average molecular weight is 447 g/mol. The molecule has 0 radical (unpaired) electrons. The number of nitrogens with zero attached hydrogens (tertiary/aromatic N) is 2. The summed E-state index contributed by atoms with van der Waals surface area (Å²) >= 11 is 0. The summed E-state index contributed by atoms with van der Waals surface area (Å²) in [5.41, 5.74) is -1.16. The van der Waals surface area contributed by atoms with Gasteiger partial charge < -0.3 is 15.2 Å². The lowest BCUT2D eigenvalue weighted by Crippen LogP contribution is -2.30. The second-order valence-electron chi connectivity index (χ2n) is 7.42. The molecule has 2 N–H and O–H groups in total. The van der Waals surface area contributed by atoms with Gasteiger partial charge in [0.25, 0.3) is 11.5 Å². The van der Waals surface area contributed by atoms with Crippen LogP contribution in [0.3, 0.4) is 0 Å². The van der Waals surface area contributed by atoms with Gasteiger partial charge in [-0.05, 0) is 49.7 Å². The number of alkyl halides is 3. The monoisotopic (exact) mass is 447 g/mol. The molecular formula is C22H20F3N3O4. The third kappa shape index (κ3) is 5.52. The van der Waals surface area contributed by atoms with Crippen molar-refractivity contribution in [2.75, 3.05) is 11.9 Å². The number of carbonyl (C=O) groups is 1. The second-order valence-corrected chi connectivity index (χ2v) is 7.42. The average Bonchev–Trinajstić information content (AvgIpc) is 2.72. The molecule has 0 bridgehead atoms. The van der Waals surface area contributed by atoms with Crippen molar-refractivity contribution in [3.8, 4) is 11.4 Å². The summed E-state index contributed by atoms with van der Waals surface area (Å²) in [6.07, 6.45) is -3.37. The SMILES string of the molecule is CC(C)(O)c1ccc(NC(=O)c2ccnn(-c3ccccc3OCC(F)(F)F)c2=O)cc1. The number of anilines is 1. The number of benzene rings is 2. The smallest absolute Gasteiger partial charge is 0.422 e. The highest BCUT2D eigenvalue weighted by molar-refractivity contribution is 6.04. The van der Waals surface area contributed by atoms with E-state index in [9.17, 15) is 27.9 Å². The molecule has 1 amide bonds.